The van der Waals surface area contributed by atoms with Crippen molar-refractivity contribution in [2.75, 3.05) is 16.4 Å². The van der Waals surface area contributed by atoms with E-state index in [-0.39, 0.29) is 38.8 Å². The largest absolute Gasteiger partial charge is 0.473 e. The first-order chi connectivity index (χ1) is 12.1. The predicted molar refractivity (Wildman–Crippen MR) is 90.8 cm³/mol. The van der Waals surface area contributed by atoms with Crippen LogP contribution in [0.15, 0.2) is 24.3 Å². The lowest BCUT2D eigenvalue weighted by Crippen LogP contribution is -2.40. The summed E-state index contributed by atoms with van der Waals surface area (Å²) in [6.45, 7) is 0. The molecule has 0 saturated carbocycles. The number of benzene rings is 2. The average molecular weight is 400 g/mol. The number of aliphatic hydroxyl groups is 1. The van der Waals surface area contributed by atoms with E-state index in [0.717, 1.165) is 12.1 Å². The molecule has 2 aromatic carbocycles. The molecule has 1 amide bonds. The monoisotopic (exact) mass is 399 g/mol. The van der Waals surface area contributed by atoms with Crippen molar-refractivity contribution in [3.8, 4) is 5.75 Å². The Balaban J connectivity index is 2.00. The quantitative estimate of drug-likeness (QED) is 0.531. The topological polar surface area (TPSA) is 131 Å². The van der Waals surface area contributed by atoms with Crippen LogP contribution in [0, 0.1) is 5.82 Å². The molecule has 2 aliphatic heterocycles. The Kier molecular flexibility index (Phi) is 3.39. The maximum Gasteiger partial charge on any atom is 0.268 e. The number of amides is 1. The Hall–Kier alpha value is -2.56. The second kappa shape index (κ2) is 5.22. The summed E-state index contributed by atoms with van der Waals surface area (Å²) < 4.78 is 44.4. The molecule has 136 valence electrons. The van der Waals surface area contributed by atoms with Crippen molar-refractivity contribution >= 4 is 38.9 Å². The molecule has 0 radical (unpaired) electrons. The van der Waals surface area contributed by atoms with Crippen molar-refractivity contribution in [1.82, 2.24) is 5.32 Å². The van der Waals surface area contributed by atoms with Crippen molar-refractivity contribution in [2.45, 2.75) is 5.72 Å². The zero-order valence-electron chi connectivity index (χ0n) is 12.8. The number of anilines is 2. The van der Waals surface area contributed by atoms with E-state index >= 15 is 0 Å². The molecule has 4 rings (SSSR count). The van der Waals surface area contributed by atoms with Crippen LogP contribution in [0.1, 0.15) is 21.5 Å². The molecule has 0 saturated heterocycles. The van der Waals surface area contributed by atoms with E-state index in [1.165, 1.54) is 12.1 Å². The first kappa shape index (κ1) is 16.9. The SMILES string of the molecule is Nc1cc2c(c3c1C(O)(c1cc(F)ccc1Cl)NC3=O)OCS(=O)(=O)N2. The lowest BCUT2D eigenvalue weighted by molar-refractivity contribution is 0.0479. The van der Waals surface area contributed by atoms with Gasteiger partial charge in [0.05, 0.1) is 11.3 Å². The molecule has 2 heterocycles. The van der Waals surface area contributed by atoms with Crippen molar-refractivity contribution in [2.24, 2.45) is 0 Å². The predicted octanol–water partition coefficient (Wildman–Crippen LogP) is 1.09. The van der Waals surface area contributed by atoms with Crippen LogP contribution in [0.2, 0.25) is 5.02 Å². The lowest BCUT2D eigenvalue weighted by Gasteiger charge is -2.28. The summed E-state index contributed by atoms with van der Waals surface area (Å²) in [5, 5.41) is 13.4. The lowest BCUT2D eigenvalue weighted by atomic mass is 9.92. The van der Waals surface area contributed by atoms with E-state index in [1.807, 2.05) is 0 Å². The fourth-order valence-electron chi connectivity index (χ4n) is 3.12. The van der Waals surface area contributed by atoms with Gasteiger partial charge in [0.1, 0.15) is 5.82 Å². The number of sulfonamides is 1. The molecule has 0 aliphatic carbocycles. The normalized spacial score (nSPS) is 22.7. The van der Waals surface area contributed by atoms with Crippen molar-refractivity contribution in [1.29, 1.82) is 0 Å². The zero-order valence-corrected chi connectivity index (χ0v) is 14.4. The van der Waals surface area contributed by atoms with Crippen molar-refractivity contribution in [3.63, 3.8) is 0 Å². The smallest absolute Gasteiger partial charge is 0.268 e. The number of rotatable bonds is 1. The number of carbonyl (C=O) groups is 1. The molecular formula is C15H11ClFN3O5S. The second-order valence-electron chi connectivity index (χ2n) is 5.86. The van der Waals surface area contributed by atoms with E-state index in [2.05, 4.69) is 10.0 Å². The van der Waals surface area contributed by atoms with Crippen molar-refractivity contribution in [3.05, 3.63) is 51.8 Å². The number of nitrogens with two attached hydrogens (primary N) is 1. The molecule has 2 aromatic rings. The number of hydrogen-bond acceptors (Lipinski definition) is 6. The van der Waals surface area contributed by atoms with Crippen LogP contribution in [-0.4, -0.2) is 25.4 Å². The standard InChI is InChI=1S/C15H11ClFN3O5S/c16-8-2-1-6(17)3-7(8)15(22)12-9(18)4-10-13(11(12)14(21)19-15)25-5-26(23,24)20-10/h1-4,20,22H,5,18H2,(H,19,21). The van der Waals surface area contributed by atoms with Crippen LogP contribution in [0.25, 0.3) is 0 Å². The maximum absolute atomic E-state index is 13.7. The molecule has 1 atom stereocenters. The molecule has 5 N–H and O–H groups in total. The summed E-state index contributed by atoms with van der Waals surface area (Å²) >= 11 is 6.07. The molecule has 1 unspecified atom stereocenters. The Labute approximate surface area is 151 Å². The summed E-state index contributed by atoms with van der Waals surface area (Å²) in [4.78, 5) is 12.5. The molecule has 0 bridgehead atoms. The minimum atomic E-state index is -3.73. The summed E-state index contributed by atoms with van der Waals surface area (Å²) in [6, 6.07) is 4.51. The van der Waals surface area contributed by atoms with Gasteiger partial charge in [-0.15, -0.1) is 0 Å². The van der Waals surface area contributed by atoms with Crippen LogP contribution in [0.3, 0.4) is 0 Å². The number of nitrogen functional groups attached to an aromatic ring is 1. The van der Waals surface area contributed by atoms with E-state index in [4.69, 9.17) is 22.1 Å². The van der Waals surface area contributed by atoms with Gasteiger partial charge in [0.2, 0.25) is 5.94 Å². The molecule has 0 aromatic heterocycles. The van der Waals surface area contributed by atoms with E-state index in [0.29, 0.717) is 0 Å². The van der Waals surface area contributed by atoms with Crippen LogP contribution in [0.5, 0.6) is 5.75 Å². The van der Waals surface area contributed by atoms with Crippen LogP contribution < -0.4 is 20.5 Å². The minimum absolute atomic E-state index is 0.000733. The van der Waals surface area contributed by atoms with Crippen LogP contribution in [0.4, 0.5) is 15.8 Å². The third kappa shape index (κ3) is 2.30. The zero-order chi connectivity index (χ0) is 18.9. The molecule has 8 nitrogen and oxygen atoms in total. The van der Waals surface area contributed by atoms with Gasteiger partial charge in [0.25, 0.3) is 15.9 Å². The molecule has 11 heteroatoms. The third-order valence-corrected chi connectivity index (χ3v) is 5.42. The highest BCUT2D eigenvalue weighted by Crippen LogP contribution is 2.48. The maximum atomic E-state index is 13.7. The molecule has 0 spiro atoms. The second-order valence-corrected chi connectivity index (χ2v) is 7.94. The highest BCUT2D eigenvalue weighted by molar-refractivity contribution is 7.92. The van der Waals surface area contributed by atoms with Gasteiger partial charge >= 0.3 is 0 Å². The Morgan fingerprint density at radius 1 is 1.35 bits per heavy atom. The average Bonchev–Trinajstić information content (AvgIpc) is 2.81. The first-order valence-electron chi connectivity index (χ1n) is 7.23. The number of ether oxygens (including phenoxy) is 1. The summed E-state index contributed by atoms with van der Waals surface area (Å²) in [7, 11) is -3.73. The highest BCUT2D eigenvalue weighted by atomic mass is 35.5. The van der Waals surface area contributed by atoms with Crippen LogP contribution in [-0.2, 0) is 15.7 Å². The number of fused-ring (bicyclic) bond motifs is 3. The fraction of sp³-hybridized carbons (Fsp3) is 0.133. The van der Waals surface area contributed by atoms with Crippen molar-refractivity contribution < 1.29 is 27.4 Å². The van der Waals surface area contributed by atoms with Gasteiger partial charge < -0.3 is 20.9 Å². The van der Waals surface area contributed by atoms with E-state index < -0.39 is 33.4 Å². The Morgan fingerprint density at radius 3 is 2.81 bits per heavy atom. The van der Waals surface area contributed by atoms with Gasteiger partial charge in [-0.2, -0.15) is 0 Å². The van der Waals surface area contributed by atoms with E-state index in [1.54, 1.807) is 0 Å². The van der Waals surface area contributed by atoms with Gasteiger partial charge in [-0.3, -0.25) is 9.52 Å². The fourth-order valence-corrected chi connectivity index (χ4v) is 4.19. The van der Waals surface area contributed by atoms with Gasteiger partial charge in [-0.1, -0.05) is 11.6 Å². The number of carbonyl (C=O) groups excluding carboxylic acids is 1. The number of halogens is 2. The van der Waals surface area contributed by atoms with Gasteiger partial charge in [0, 0.05) is 21.8 Å². The summed E-state index contributed by atoms with van der Waals surface area (Å²) in [5.41, 5.74) is 3.28. The summed E-state index contributed by atoms with van der Waals surface area (Å²) in [6.07, 6.45) is 0. The molecule has 26 heavy (non-hydrogen) atoms. The highest BCUT2D eigenvalue weighted by Gasteiger charge is 2.49. The van der Waals surface area contributed by atoms with Gasteiger partial charge in [-0.25, -0.2) is 12.8 Å². The van der Waals surface area contributed by atoms with E-state index in [9.17, 15) is 22.7 Å². The van der Waals surface area contributed by atoms with Gasteiger partial charge in [-0.05, 0) is 24.3 Å². The Bertz CT molecular complexity index is 1090. The van der Waals surface area contributed by atoms with Crippen LogP contribution >= 0.6 is 11.6 Å². The molecular weight excluding hydrogens is 389 g/mol. The molecule has 0 fully saturated rings. The Morgan fingerprint density at radius 2 is 2.08 bits per heavy atom. The van der Waals surface area contributed by atoms with Gasteiger partial charge in [0.15, 0.2) is 11.5 Å². The number of nitrogens with one attached hydrogen (secondary N) is 2. The summed E-state index contributed by atoms with van der Waals surface area (Å²) in [5.74, 6) is -2.23. The number of hydrogen-bond donors (Lipinski definition) is 4. The third-order valence-electron chi connectivity index (χ3n) is 4.14. The molecule has 2 aliphatic rings. The minimum Gasteiger partial charge on any atom is -0.473 e. The first-order valence-corrected chi connectivity index (χ1v) is 9.26.